The lowest BCUT2D eigenvalue weighted by Gasteiger charge is -2.48. The fourth-order valence-electron chi connectivity index (χ4n) is 2.63. The summed E-state index contributed by atoms with van der Waals surface area (Å²) in [6.07, 6.45) is 4.80. The number of hydrogen-bond donors (Lipinski definition) is 1. The number of Topliss-reactive ketones (excluding diaryl/α,β-unsaturated/α-hetero) is 1. The Hall–Kier alpha value is -0.860. The van der Waals surface area contributed by atoms with Crippen molar-refractivity contribution in [1.29, 1.82) is 0 Å². The van der Waals surface area contributed by atoms with Crippen molar-refractivity contribution in [3.63, 3.8) is 0 Å². The molecule has 2 rings (SSSR count). The maximum atomic E-state index is 11.0. The van der Waals surface area contributed by atoms with Gasteiger partial charge >= 0.3 is 5.97 Å². The number of rotatable bonds is 1. The first-order chi connectivity index (χ1) is 6.11. The second kappa shape index (κ2) is 2.82. The van der Waals surface area contributed by atoms with Crippen LogP contribution in [0.15, 0.2) is 0 Å². The van der Waals surface area contributed by atoms with Crippen molar-refractivity contribution in [2.24, 2.45) is 11.3 Å². The smallest absolute Gasteiger partial charge is 0.306 e. The Bertz CT molecular complexity index is 239. The summed E-state index contributed by atoms with van der Waals surface area (Å²) < 4.78 is 0. The minimum atomic E-state index is -0.664. The molecule has 2 saturated carbocycles. The van der Waals surface area contributed by atoms with E-state index in [9.17, 15) is 9.59 Å². The highest BCUT2D eigenvalue weighted by molar-refractivity contribution is 5.79. The number of carboxylic acids is 1. The monoisotopic (exact) mass is 182 g/mol. The van der Waals surface area contributed by atoms with Gasteiger partial charge in [-0.25, -0.2) is 0 Å². The molecule has 0 heterocycles. The third-order valence-electron chi connectivity index (χ3n) is 3.58. The first kappa shape index (κ1) is 8.73. The Labute approximate surface area is 77.1 Å². The molecule has 0 aromatic rings. The number of ketones is 1. The van der Waals surface area contributed by atoms with Crippen LogP contribution < -0.4 is 0 Å². The molecule has 0 atom stereocenters. The molecule has 0 aromatic carbocycles. The lowest BCUT2D eigenvalue weighted by Crippen LogP contribution is -2.43. The van der Waals surface area contributed by atoms with Gasteiger partial charge in [-0.3, -0.25) is 9.59 Å². The molecule has 13 heavy (non-hydrogen) atoms. The van der Waals surface area contributed by atoms with Crippen LogP contribution in [0.1, 0.15) is 38.5 Å². The van der Waals surface area contributed by atoms with Gasteiger partial charge in [0.1, 0.15) is 5.78 Å². The lowest BCUT2D eigenvalue weighted by molar-refractivity contribution is -0.152. The van der Waals surface area contributed by atoms with Crippen LogP contribution in [0.3, 0.4) is 0 Å². The first-order valence-corrected chi connectivity index (χ1v) is 4.86. The highest BCUT2D eigenvalue weighted by Gasteiger charge is 2.48. The lowest BCUT2D eigenvalue weighted by atomic mass is 9.56. The summed E-state index contributed by atoms with van der Waals surface area (Å²) in [6, 6.07) is 0. The standard InChI is InChI=1S/C10H14O3/c11-8-1-3-10(4-2-8)5-7(6-10)9(12)13/h7H,1-6H2,(H,12,13). The Kier molecular flexibility index (Phi) is 1.90. The first-order valence-electron chi connectivity index (χ1n) is 4.86. The number of aliphatic carboxylic acids is 1. The van der Waals surface area contributed by atoms with Gasteiger partial charge in [0, 0.05) is 12.8 Å². The van der Waals surface area contributed by atoms with E-state index >= 15 is 0 Å². The molecule has 0 amide bonds. The molecular weight excluding hydrogens is 168 g/mol. The van der Waals surface area contributed by atoms with E-state index in [0.717, 1.165) is 25.7 Å². The third-order valence-corrected chi connectivity index (χ3v) is 3.58. The minimum absolute atomic E-state index is 0.131. The summed E-state index contributed by atoms with van der Waals surface area (Å²) in [5.41, 5.74) is 0.233. The molecule has 0 aliphatic heterocycles. The highest BCUT2D eigenvalue weighted by Crippen LogP contribution is 2.54. The SMILES string of the molecule is O=C1CCC2(CC1)CC(C(=O)O)C2. The summed E-state index contributed by atoms with van der Waals surface area (Å²) in [7, 11) is 0. The zero-order chi connectivity index (χ0) is 9.47. The summed E-state index contributed by atoms with van der Waals surface area (Å²) in [5, 5.41) is 8.73. The van der Waals surface area contributed by atoms with E-state index in [-0.39, 0.29) is 11.3 Å². The van der Waals surface area contributed by atoms with Crippen molar-refractivity contribution >= 4 is 11.8 Å². The molecule has 1 N–H and O–H groups in total. The van der Waals surface area contributed by atoms with Crippen LogP contribution in [-0.2, 0) is 9.59 Å². The van der Waals surface area contributed by atoms with Crippen LogP contribution in [0.4, 0.5) is 0 Å². The van der Waals surface area contributed by atoms with Crippen LogP contribution in [0.25, 0.3) is 0 Å². The van der Waals surface area contributed by atoms with Crippen LogP contribution in [0.2, 0.25) is 0 Å². The minimum Gasteiger partial charge on any atom is -0.481 e. The molecule has 0 aromatic heterocycles. The van der Waals surface area contributed by atoms with Crippen LogP contribution in [0.5, 0.6) is 0 Å². The van der Waals surface area contributed by atoms with Crippen molar-refractivity contribution in [2.75, 3.05) is 0 Å². The molecule has 3 nitrogen and oxygen atoms in total. The molecule has 0 radical (unpaired) electrons. The number of carbonyl (C=O) groups is 2. The van der Waals surface area contributed by atoms with Gasteiger partial charge in [-0.2, -0.15) is 0 Å². The fourth-order valence-corrected chi connectivity index (χ4v) is 2.63. The van der Waals surface area contributed by atoms with E-state index in [1.165, 1.54) is 0 Å². The zero-order valence-corrected chi connectivity index (χ0v) is 7.58. The Balaban J connectivity index is 1.90. The second-order valence-corrected chi connectivity index (χ2v) is 4.48. The normalized spacial score (nSPS) is 27.2. The molecule has 3 heteroatoms. The van der Waals surface area contributed by atoms with Crippen molar-refractivity contribution in [2.45, 2.75) is 38.5 Å². The predicted molar refractivity (Wildman–Crippen MR) is 46.3 cm³/mol. The van der Waals surface area contributed by atoms with E-state index in [1.807, 2.05) is 0 Å². The van der Waals surface area contributed by atoms with Gasteiger partial charge < -0.3 is 5.11 Å². The summed E-state index contributed by atoms with van der Waals surface area (Å²) in [4.78, 5) is 21.6. The summed E-state index contributed by atoms with van der Waals surface area (Å²) in [6.45, 7) is 0. The maximum Gasteiger partial charge on any atom is 0.306 e. The van der Waals surface area contributed by atoms with Crippen LogP contribution in [-0.4, -0.2) is 16.9 Å². The van der Waals surface area contributed by atoms with E-state index < -0.39 is 5.97 Å². The molecule has 2 fully saturated rings. The van der Waals surface area contributed by atoms with Gasteiger partial charge in [-0.05, 0) is 31.1 Å². The molecule has 1 spiro atoms. The van der Waals surface area contributed by atoms with Crippen molar-refractivity contribution < 1.29 is 14.7 Å². The molecule has 0 unspecified atom stereocenters. The van der Waals surface area contributed by atoms with Crippen molar-refractivity contribution in [3.8, 4) is 0 Å². The largest absolute Gasteiger partial charge is 0.481 e. The van der Waals surface area contributed by atoms with E-state index in [2.05, 4.69) is 0 Å². The van der Waals surface area contributed by atoms with Gasteiger partial charge in [0.25, 0.3) is 0 Å². The Morgan fingerprint density at radius 3 is 2.31 bits per heavy atom. The molecule has 72 valence electrons. The number of carbonyl (C=O) groups excluding carboxylic acids is 1. The van der Waals surface area contributed by atoms with Crippen molar-refractivity contribution in [3.05, 3.63) is 0 Å². The van der Waals surface area contributed by atoms with Crippen molar-refractivity contribution in [1.82, 2.24) is 0 Å². The average Bonchev–Trinajstić information content (AvgIpc) is 2.02. The van der Waals surface area contributed by atoms with E-state index in [1.54, 1.807) is 0 Å². The molecular formula is C10H14O3. The van der Waals surface area contributed by atoms with E-state index in [4.69, 9.17) is 5.11 Å². The zero-order valence-electron chi connectivity index (χ0n) is 7.58. The Morgan fingerprint density at radius 1 is 1.31 bits per heavy atom. The molecule has 0 saturated heterocycles. The van der Waals surface area contributed by atoms with E-state index in [0.29, 0.717) is 18.6 Å². The highest BCUT2D eigenvalue weighted by atomic mass is 16.4. The summed E-state index contributed by atoms with van der Waals surface area (Å²) >= 11 is 0. The second-order valence-electron chi connectivity index (χ2n) is 4.48. The molecule has 2 aliphatic rings. The van der Waals surface area contributed by atoms with Crippen LogP contribution in [0, 0.1) is 11.3 Å². The van der Waals surface area contributed by atoms with Gasteiger partial charge in [-0.15, -0.1) is 0 Å². The van der Waals surface area contributed by atoms with Gasteiger partial charge in [0.15, 0.2) is 0 Å². The molecule has 0 bridgehead atoms. The number of hydrogen-bond acceptors (Lipinski definition) is 2. The predicted octanol–water partition coefficient (Wildman–Crippen LogP) is 1.61. The van der Waals surface area contributed by atoms with Crippen LogP contribution >= 0.6 is 0 Å². The Morgan fingerprint density at radius 2 is 1.85 bits per heavy atom. The van der Waals surface area contributed by atoms with Gasteiger partial charge in [0.2, 0.25) is 0 Å². The molecule has 2 aliphatic carbocycles. The average molecular weight is 182 g/mol. The third kappa shape index (κ3) is 1.47. The number of carboxylic acid groups (broad SMARTS) is 1. The van der Waals surface area contributed by atoms with Gasteiger partial charge in [0.05, 0.1) is 5.92 Å². The quantitative estimate of drug-likeness (QED) is 0.670. The maximum absolute atomic E-state index is 11.0. The van der Waals surface area contributed by atoms with Gasteiger partial charge in [-0.1, -0.05) is 0 Å². The fraction of sp³-hybridized carbons (Fsp3) is 0.800. The topological polar surface area (TPSA) is 54.4 Å². The summed E-state index contributed by atoms with van der Waals surface area (Å²) in [5.74, 6) is -0.444.